The van der Waals surface area contributed by atoms with Crippen molar-refractivity contribution < 1.29 is 4.79 Å². The molecule has 1 rings (SSSR count). The van der Waals surface area contributed by atoms with Crippen LogP contribution in [0.1, 0.15) is 18.9 Å². The summed E-state index contributed by atoms with van der Waals surface area (Å²) in [4.78, 5) is 19.6. The maximum absolute atomic E-state index is 11.7. The van der Waals surface area contributed by atoms with E-state index in [1.165, 1.54) is 4.90 Å². The van der Waals surface area contributed by atoms with Crippen molar-refractivity contribution in [3.8, 4) is 0 Å². The van der Waals surface area contributed by atoms with E-state index >= 15 is 0 Å². The lowest BCUT2D eigenvalue weighted by Gasteiger charge is -2.23. The van der Waals surface area contributed by atoms with Crippen LogP contribution < -0.4 is 5.32 Å². The van der Waals surface area contributed by atoms with Crippen LogP contribution in [0, 0.1) is 0 Å². The fraction of sp³-hybridized carbons (Fsp3) is 0.500. The molecule has 0 radical (unpaired) electrons. The highest BCUT2D eigenvalue weighted by Crippen LogP contribution is 2.16. The lowest BCUT2D eigenvalue weighted by atomic mass is 10.2. The predicted octanol–water partition coefficient (Wildman–Crippen LogP) is 2.83. The Balaban J connectivity index is 0.00000484. The fourth-order valence-corrected chi connectivity index (χ4v) is 1.98. The summed E-state index contributed by atoms with van der Waals surface area (Å²) < 4.78 is 0. The fourth-order valence-electron chi connectivity index (χ4n) is 1.79. The smallest absolute Gasteiger partial charge is 0.243 e. The third-order valence-electron chi connectivity index (χ3n) is 3.12. The molecule has 0 aliphatic heterocycles. The molecule has 1 amide bonds. The Bertz CT molecular complexity index is 523. The van der Waals surface area contributed by atoms with E-state index in [0.29, 0.717) is 12.5 Å². The zero-order valence-corrected chi connectivity index (χ0v) is 17.3. The second-order valence-corrected chi connectivity index (χ2v) is 5.71. The maximum atomic E-state index is 11.7. The number of amides is 1. The third kappa shape index (κ3) is 7.87. The molecule has 0 unspecified atom stereocenters. The first-order chi connectivity index (χ1) is 10.5. The standard InChI is InChI=1S/C16H25ClN4O.HI/c1-5-10-18-16(19-11-15(22)20(2)3)21(4)12-13-8-6-7-9-14(13)17;/h6-9H,5,10-12H2,1-4H3,(H,18,19);1H. The molecule has 5 nitrogen and oxygen atoms in total. The number of likely N-dealkylation sites (N-methyl/N-ethyl adjacent to an activating group) is 1. The Kier molecular flexibility index (Phi) is 11.0. The van der Waals surface area contributed by atoms with Gasteiger partial charge in [-0.25, -0.2) is 4.99 Å². The molecule has 23 heavy (non-hydrogen) atoms. The number of nitrogens with one attached hydrogen (secondary N) is 1. The van der Waals surface area contributed by atoms with Crippen LogP contribution >= 0.6 is 35.6 Å². The number of carbonyl (C=O) groups excluding carboxylic acids is 1. The molecule has 0 atom stereocenters. The number of aliphatic imine (C=N–C) groups is 1. The number of benzene rings is 1. The summed E-state index contributed by atoms with van der Waals surface area (Å²) in [7, 11) is 5.39. The van der Waals surface area contributed by atoms with Crippen molar-refractivity contribution in [1.29, 1.82) is 0 Å². The van der Waals surface area contributed by atoms with Crippen molar-refractivity contribution in [3.05, 3.63) is 34.9 Å². The Labute approximate surface area is 161 Å². The molecule has 0 saturated carbocycles. The van der Waals surface area contributed by atoms with E-state index in [0.717, 1.165) is 23.6 Å². The van der Waals surface area contributed by atoms with Crippen molar-refractivity contribution >= 4 is 47.4 Å². The lowest BCUT2D eigenvalue weighted by Crippen LogP contribution is -2.40. The van der Waals surface area contributed by atoms with Crippen molar-refractivity contribution in [3.63, 3.8) is 0 Å². The monoisotopic (exact) mass is 452 g/mol. The van der Waals surface area contributed by atoms with Gasteiger partial charge in [-0.1, -0.05) is 36.7 Å². The number of nitrogens with zero attached hydrogens (tertiary/aromatic N) is 3. The molecule has 0 bridgehead atoms. The van der Waals surface area contributed by atoms with Gasteiger partial charge in [-0.2, -0.15) is 0 Å². The second kappa shape index (κ2) is 11.5. The molecular weight excluding hydrogens is 427 g/mol. The molecule has 0 aliphatic rings. The minimum atomic E-state index is -0.0260. The molecular formula is C16H26ClIN4O. The maximum Gasteiger partial charge on any atom is 0.243 e. The van der Waals surface area contributed by atoms with Gasteiger partial charge < -0.3 is 15.1 Å². The van der Waals surface area contributed by atoms with Crippen LogP contribution in [0.5, 0.6) is 0 Å². The minimum Gasteiger partial charge on any atom is -0.356 e. The average Bonchev–Trinajstić information content (AvgIpc) is 2.49. The summed E-state index contributed by atoms with van der Waals surface area (Å²) in [6, 6.07) is 7.73. The SMILES string of the molecule is CCCNC(=NCC(=O)N(C)C)N(C)Cc1ccccc1Cl.I. The first-order valence-corrected chi connectivity index (χ1v) is 7.76. The van der Waals surface area contributed by atoms with Gasteiger partial charge in [0.1, 0.15) is 6.54 Å². The molecule has 0 aliphatic carbocycles. The van der Waals surface area contributed by atoms with E-state index in [1.807, 2.05) is 36.2 Å². The first-order valence-electron chi connectivity index (χ1n) is 7.38. The molecule has 7 heteroatoms. The Morgan fingerprint density at radius 2 is 1.91 bits per heavy atom. The quantitative estimate of drug-likeness (QED) is 0.410. The van der Waals surface area contributed by atoms with Gasteiger partial charge in [-0.3, -0.25) is 4.79 Å². The van der Waals surface area contributed by atoms with E-state index < -0.39 is 0 Å². The zero-order valence-electron chi connectivity index (χ0n) is 14.2. The van der Waals surface area contributed by atoms with E-state index in [9.17, 15) is 4.79 Å². The summed E-state index contributed by atoms with van der Waals surface area (Å²) in [6.45, 7) is 3.66. The first kappa shape index (κ1) is 22.0. The summed E-state index contributed by atoms with van der Waals surface area (Å²) >= 11 is 6.20. The number of hydrogen-bond donors (Lipinski definition) is 1. The molecule has 1 aromatic rings. The normalized spacial score (nSPS) is 10.7. The van der Waals surface area contributed by atoms with Gasteiger partial charge in [0.05, 0.1) is 0 Å². The van der Waals surface area contributed by atoms with E-state index in [2.05, 4.69) is 17.2 Å². The van der Waals surface area contributed by atoms with Gasteiger partial charge in [0.2, 0.25) is 5.91 Å². The molecule has 0 saturated heterocycles. The van der Waals surface area contributed by atoms with E-state index in [-0.39, 0.29) is 36.4 Å². The van der Waals surface area contributed by atoms with Crippen LogP contribution in [-0.4, -0.2) is 55.9 Å². The molecule has 0 heterocycles. The topological polar surface area (TPSA) is 47.9 Å². The second-order valence-electron chi connectivity index (χ2n) is 5.30. The molecule has 0 spiro atoms. The highest BCUT2D eigenvalue weighted by molar-refractivity contribution is 14.0. The van der Waals surface area contributed by atoms with Gasteiger partial charge >= 0.3 is 0 Å². The van der Waals surface area contributed by atoms with Gasteiger partial charge in [0.25, 0.3) is 0 Å². The highest BCUT2D eigenvalue weighted by Gasteiger charge is 2.10. The lowest BCUT2D eigenvalue weighted by molar-refractivity contribution is -0.127. The molecule has 1 N–H and O–H groups in total. The predicted molar refractivity (Wildman–Crippen MR) is 108 cm³/mol. The van der Waals surface area contributed by atoms with Gasteiger partial charge in [-0.15, -0.1) is 24.0 Å². The van der Waals surface area contributed by atoms with Crippen LogP contribution in [0.3, 0.4) is 0 Å². The molecule has 0 fully saturated rings. The van der Waals surface area contributed by atoms with E-state index in [4.69, 9.17) is 11.6 Å². The summed E-state index contributed by atoms with van der Waals surface area (Å²) in [5.74, 6) is 0.680. The van der Waals surface area contributed by atoms with Crippen LogP contribution in [0.15, 0.2) is 29.3 Å². The third-order valence-corrected chi connectivity index (χ3v) is 3.49. The van der Waals surface area contributed by atoms with Crippen LogP contribution in [0.4, 0.5) is 0 Å². The van der Waals surface area contributed by atoms with Crippen LogP contribution in [0.2, 0.25) is 5.02 Å². The Morgan fingerprint density at radius 3 is 2.48 bits per heavy atom. The molecule has 0 aromatic heterocycles. The number of rotatable bonds is 6. The van der Waals surface area contributed by atoms with Crippen molar-refractivity contribution in [2.75, 3.05) is 34.2 Å². The number of halogens is 2. The molecule has 1 aromatic carbocycles. The van der Waals surface area contributed by atoms with Crippen molar-refractivity contribution in [1.82, 2.24) is 15.1 Å². The van der Waals surface area contributed by atoms with E-state index in [1.54, 1.807) is 14.1 Å². The number of hydrogen-bond acceptors (Lipinski definition) is 2. The Morgan fingerprint density at radius 1 is 1.26 bits per heavy atom. The minimum absolute atomic E-state index is 0. The number of guanidine groups is 1. The summed E-state index contributed by atoms with van der Waals surface area (Å²) in [5, 5.41) is 4.00. The van der Waals surface area contributed by atoms with Crippen LogP contribution in [-0.2, 0) is 11.3 Å². The average molecular weight is 453 g/mol. The summed E-state index contributed by atoms with van der Waals surface area (Å²) in [6.07, 6.45) is 0.987. The molecule has 130 valence electrons. The largest absolute Gasteiger partial charge is 0.356 e. The Hall–Kier alpha value is -1.02. The van der Waals surface area contributed by atoms with Crippen molar-refractivity contribution in [2.24, 2.45) is 4.99 Å². The summed E-state index contributed by atoms with van der Waals surface area (Å²) in [5.41, 5.74) is 1.02. The number of carbonyl (C=O) groups is 1. The van der Waals surface area contributed by atoms with Gasteiger partial charge in [0.15, 0.2) is 5.96 Å². The highest BCUT2D eigenvalue weighted by atomic mass is 127. The van der Waals surface area contributed by atoms with Gasteiger partial charge in [-0.05, 0) is 18.1 Å². The van der Waals surface area contributed by atoms with Gasteiger partial charge in [0, 0.05) is 39.3 Å². The van der Waals surface area contributed by atoms with Crippen molar-refractivity contribution in [2.45, 2.75) is 19.9 Å². The zero-order chi connectivity index (χ0) is 16.5. The van der Waals surface area contributed by atoms with Crippen LogP contribution in [0.25, 0.3) is 0 Å².